The Balaban J connectivity index is 2.37. The number of nitrogens with one attached hydrogen (secondary N) is 2. The van der Waals surface area contributed by atoms with Crippen LogP contribution < -0.4 is 15.4 Å². The summed E-state index contributed by atoms with van der Waals surface area (Å²) in [6.45, 7) is 5.94. The maximum Gasteiger partial charge on any atom is 0.191 e. The normalized spacial score (nSPS) is 11.4. The first-order valence-corrected chi connectivity index (χ1v) is 8.50. The molecule has 0 bridgehead atoms. The lowest BCUT2D eigenvalue weighted by molar-refractivity contribution is 0.0748. The molecule has 2 N–H and O–H groups in total. The van der Waals surface area contributed by atoms with Gasteiger partial charge in [-0.25, -0.2) is 0 Å². The van der Waals surface area contributed by atoms with Crippen molar-refractivity contribution in [3.8, 4) is 5.75 Å². The number of nitrogens with zero attached hydrogens (tertiary/aromatic N) is 1. The summed E-state index contributed by atoms with van der Waals surface area (Å²) in [5, 5.41) is 7.22. The van der Waals surface area contributed by atoms with Gasteiger partial charge in [0, 0.05) is 25.2 Å². The topological polar surface area (TPSA) is 64.1 Å². The summed E-state index contributed by atoms with van der Waals surface area (Å²) in [5.41, 5.74) is 1.07. The zero-order valence-electron chi connectivity index (χ0n) is 14.7. The SMILES string of the molecule is CCNC(=NCCOCCOC)NCCc1ccc(OC)cc1Cl. The van der Waals surface area contributed by atoms with Crippen LogP contribution in [0.4, 0.5) is 0 Å². The molecule has 0 aliphatic rings. The quantitative estimate of drug-likeness (QED) is 0.361. The van der Waals surface area contributed by atoms with Gasteiger partial charge in [-0.05, 0) is 31.0 Å². The number of ether oxygens (including phenoxy) is 3. The molecule has 1 rings (SSSR count). The molecule has 7 heteroatoms. The predicted molar refractivity (Wildman–Crippen MR) is 98.4 cm³/mol. The van der Waals surface area contributed by atoms with Gasteiger partial charge in [-0.1, -0.05) is 17.7 Å². The molecule has 1 aromatic carbocycles. The van der Waals surface area contributed by atoms with Crippen LogP contribution in [0.2, 0.25) is 5.02 Å². The van der Waals surface area contributed by atoms with Crippen LogP contribution in [0.15, 0.2) is 23.2 Å². The van der Waals surface area contributed by atoms with Crippen molar-refractivity contribution in [3.63, 3.8) is 0 Å². The summed E-state index contributed by atoms with van der Waals surface area (Å²) in [6, 6.07) is 5.72. The molecule has 24 heavy (non-hydrogen) atoms. The summed E-state index contributed by atoms with van der Waals surface area (Å²) >= 11 is 6.25. The van der Waals surface area contributed by atoms with Gasteiger partial charge in [-0.2, -0.15) is 0 Å². The molecule has 136 valence electrons. The fourth-order valence-electron chi connectivity index (χ4n) is 1.98. The lowest BCUT2D eigenvalue weighted by Crippen LogP contribution is -2.38. The number of hydrogen-bond acceptors (Lipinski definition) is 4. The Hall–Kier alpha value is -1.50. The second kappa shape index (κ2) is 12.9. The molecule has 0 heterocycles. The van der Waals surface area contributed by atoms with E-state index in [0.717, 1.165) is 36.8 Å². The molecule has 0 radical (unpaired) electrons. The van der Waals surface area contributed by atoms with Gasteiger partial charge in [-0.15, -0.1) is 0 Å². The van der Waals surface area contributed by atoms with Crippen LogP contribution in [0.25, 0.3) is 0 Å². The zero-order valence-corrected chi connectivity index (χ0v) is 15.5. The average Bonchev–Trinajstić information content (AvgIpc) is 2.59. The van der Waals surface area contributed by atoms with Gasteiger partial charge < -0.3 is 24.8 Å². The van der Waals surface area contributed by atoms with E-state index in [2.05, 4.69) is 15.6 Å². The van der Waals surface area contributed by atoms with Gasteiger partial charge in [0.05, 0.1) is 33.5 Å². The number of rotatable bonds is 11. The fraction of sp³-hybridized carbons (Fsp3) is 0.588. The van der Waals surface area contributed by atoms with Gasteiger partial charge in [0.1, 0.15) is 5.75 Å². The van der Waals surface area contributed by atoms with Crippen LogP contribution in [0.5, 0.6) is 5.75 Å². The van der Waals surface area contributed by atoms with Gasteiger partial charge in [0.15, 0.2) is 5.96 Å². The van der Waals surface area contributed by atoms with Gasteiger partial charge in [0.2, 0.25) is 0 Å². The van der Waals surface area contributed by atoms with Crippen LogP contribution in [-0.2, 0) is 15.9 Å². The van der Waals surface area contributed by atoms with Crippen LogP contribution in [0.3, 0.4) is 0 Å². The Morgan fingerprint density at radius 2 is 2.00 bits per heavy atom. The minimum atomic E-state index is 0.574. The third kappa shape index (κ3) is 8.38. The molecule has 0 aliphatic heterocycles. The third-order valence-electron chi connectivity index (χ3n) is 3.23. The highest BCUT2D eigenvalue weighted by Crippen LogP contribution is 2.22. The van der Waals surface area contributed by atoms with Crippen LogP contribution in [-0.4, -0.2) is 59.6 Å². The highest BCUT2D eigenvalue weighted by molar-refractivity contribution is 6.31. The van der Waals surface area contributed by atoms with E-state index in [-0.39, 0.29) is 0 Å². The number of benzene rings is 1. The first kappa shape index (κ1) is 20.5. The van der Waals surface area contributed by atoms with Gasteiger partial charge in [-0.3, -0.25) is 4.99 Å². The Morgan fingerprint density at radius 1 is 1.17 bits per heavy atom. The zero-order chi connectivity index (χ0) is 17.6. The minimum absolute atomic E-state index is 0.574. The van der Waals surface area contributed by atoms with Crippen molar-refractivity contribution in [2.75, 3.05) is 53.7 Å². The predicted octanol–water partition coefficient (Wildman–Crippen LogP) is 2.11. The van der Waals surface area contributed by atoms with Crippen LogP contribution in [0, 0.1) is 0 Å². The molecule has 0 unspecified atom stereocenters. The molecule has 0 atom stereocenters. The summed E-state index contributed by atoms with van der Waals surface area (Å²) in [4.78, 5) is 4.47. The second-order valence-electron chi connectivity index (χ2n) is 5.00. The molecule has 0 amide bonds. The second-order valence-corrected chi connectivity index (χ2v) is 5.41. The number of methoxy groups -OCH3 is 2. The van der Waals surface area contributed by atoms with Crippen LogP contribution in [0.1, 0.15) is 12.5 Å². The van der Waals surface area contributed by atoms with Crippen LogP contribution >= 0.6 is 11.6 Å². The number of guanidine groups is 1. The van der Waals surface area contributed by atoms with E-state index in [0.29, 0.717) is 31.4 Å². The Bertz CT molecular complexity index is 498. The molecule has 0 aliphatic carbocycles. The van der Waals surface area contributed by atoms with Crippen molar-refractivity contribution in [3.05, 3.63) is 28.8 Å². The van der Waals surface area contributed by atoms with E-state index in [1.165, 1.54) is 0 Å². The van der Waals surface area contributed by atoms with Crippen molar-refractivity contribution in [1.82, 2.24) is 10.6 Å². The molecular weight excluding hydrogens is 330 g/mol. The van der Waals surface area contributed by atoms with Crippen molar-refractivity contribution < 1.29 is 14.2 Å². The highest BCUT2D eigenvalue weighted by atomic mass is 35.5. The highest BCUT2D eigenvalue weighted by Gasteiger charge is 2.03. The molecule has 0 saturated carbocycles. The molecule has 0 spiro atoms. The minimum Gasteiger partial charge on any atom is -0.497 e. The Morgan fingerprint density at radius 3 is 2.67 bits per heavy atom. The van der Waals surface area contributed by atoms with E-state index in [1.807, 2.05) is 25.1 Å². The molecular formula is C17H28ClN3O3. The molecule has 1 aromatic rings. The standard InChI is InChI=1S/C17H28ClN3O3/c1-4-19-17(21-9-10-24-12-11-22-2)20-8-7-14-5-6-15(23-3)13-16(14)18/h5-6,13H,4,7-12H2,1-3H3,(H2,19,20,21). The Kier molecular flexibility index (Phi) is 11.0. The van der Waals surface area contributed by atoms with Crippen molar-refractivity contribution in [1.29, 1.82) is 0 Å². The molecule has 0 aromatic heterocycles. The maximum atomic E-state index is 6.25. The molecule has 0 fully saturated rings. The summed E-state index contributed by atoms with van der Waals surface area (Å²) < 4.78 is 15.5. The van der Waals surface area contributed by atoms with Gasteiger partial charge in [0.25, 0.3) is 0 Å². The monoisotopic (exact) mass is 357 g/mol. The first-order valence-electron chi connectivity index (χ1n) is 8.12. The average molecular weight is 358 g/mol. The van der Waals surface area contributed by atoms with E-state index in [4.69, 9.17) is 25.8 Å². The lowest BCUT2D eigenvalue weighted by Gasteiger charge is -2.12. The largest absolute Gasteiger partial charge is 0.497 e. The fourth-order valence-corrected chi connectivity index (χ4v) is 2.25. The molecule has 6 nitrogen and oxygen atoms in total. The number of hydrogen-bond donors (Lipinski definition) is 2. The third-order valence-corrected chi connectivity index (χ3v) is 3.58. The Labute approximate surface area is 149 Å². The van der Waals surface area contributed by atoms with E-state index in [9.17, 15) is 0 Å². The first-order chi connectivity index (χ1) is 11.7. The van der Waals surface area contributed by atoms with Crippen molar-refractivity contribution in [2.24, 2.45) is 4.99 Å². The van der Waals surface area contributed by atoms with Crippen molar-refractivity contribution >= 4 is 17.6 Å². The van der Waals surface area contributed by atoms with E-state index in [1.54, 1.807) is 14.2 Å². The maximum absolute atomic E-state index is 6.25. The van der Waals surface area contributed by atoms with E-state index >= 15 is 0 Å². The summed E-state index contributed by atoms with van der Waals surface area (Å²) in [5.74, 6) is 1.54. The smallest absolute Gasteiger partial charge is 0.191 e. The number of aliphatic imine (C=N–C) groups is 1. The van der Waals surface area contributed by atoms with Crippen molar-refractivity contribution in [2.45, 2.75) is 13.3 Å². The summed E-state index contributed by atoms with van der Waals surface area (Å²) in [7, 11) is 3.29. The molecule has 0 saturated heterocycles. The van der Waals surface area contributed by atoms with Gasteiger partial charge >= 0.3 is 0 Å². The summed E-state index contributed by atoms with van der Waals surface area (Å²) in [6.07, 6.45) is 0.803. The van der Waals surface area contributed by atoms with E-state index < -0.39 is 0 Å². The number of halogens is 1. The lowest BCUT2D eigenvalue weighted by atomic mass is 10.1.